The first kappa shape index (κ1) is 31.2. The zero-order valence-corrected chi connectivity index (χ0v) is 21.1. The number of hydrogen-bond acceptors (Lipinski definition) is 10. The monoisotopic (exact) mass is 519 g/mol. The number of hydrogen-bond donors (Lipinski definition) is 8. The molecule has 0 unspecified atom stereocenters. The molecule has 1 aliphatic rings. The Balaban J connectivity index is 3.01. The largest absolute Gasteiger partial charge is 0.394 e. The smallest absolute Gasteiger partial charge is 0.245 e. The fourth-order valence-corrected chi connectivity index (χ4v) is 3.48. The molecule has 0 spiro atoms. The van der Waals surface area contributed by atoms with Crippen molar-refractivity contribution in [2.45, 2.75) is 89.5 Å². The predicted molar refractivity (Wildman–Crippen MR) is 123 cm³/mol. The lowest BCUT2D eigenvalue weighted by atomic mass is 9.96. The summed E-state index contributed by atoms with van der Waals surface area (Å²) < 4.78 is 11.2. The van der Waals surface area contributed by atoms with Gasteiger partial charge in [0.2, 0.25) is 29.5 Å². The predicted octanol–water partition coefficient (Wildman–Crippen LogP) is -4.40. The summed E-state index contributed by atoms with van der Waals surface area (Å²) >= 11 is 0. The van der Waals surface area contributed by atoms with E-state index < -0.39 is 91.0 Å². The molecule has 36 heavy (non-hydrogen) atoms. The van der Waals surface area contributed by atoms with Gasteiger partial charge in [0.15, 0.2) is 6.29 Å². The first-order chi connectivity index (χ1) is 16.7. The van der Waals surface area contributed by atoms with Crippen molar-refractivity contribution in [3.8, 4) is 0 Å². The Kier molecular flexibility index (Phi) is 12.2. The third-order valence-electron chi connectivity index (χ3n) is 5.46. The first-order valence-corrected chi connectivity index (χ1v) is 11.4. The first-order valence-electron chi connectivity index (χ1n) is 11.4. The standard InChI is InChI=1S/C21H37N5O10/c1-8(18(32)22-6)23-19(33)9(2)24-20(34)14(25-11(4)28)10(3)35-21-15(26-12(5)29)17(31)16(30)13(7-27)36-21/h8-10,13-17,21,27,30-31H,7H2,1-6H3,(H,22,32)(H,23,33)(H,24,34)(H,25,28)(H,26,29)/t8-,9-,10+,13+,14-,15+,16-,17+,21-/m0/s1. The van der Waals surface area contributed by atoms with Gasteiger partial charge in [0, 0.05) is 20.9 Å². The van der Waals surface area contributed by atoms with Gasteiger partial charge in [-0.15, -0.1) is 0 Å². The Morgan fingerprint density at radius 1 is 0.861 bits per heavy atom. The number of nitrogens with one attached hydrogen (secondary N) is 5. The average molecular weight is 520 g/mol. The Bertz CT molecular complexity index is 812. The topological polar surface area (TPSA) is 225 Å². The van der Waals surface area contributed by atoms with Gasteiger partial charge in [-0.1, -0.05) is 0 Å². The van der Waals surface area contributed by atoms with Crippen LogP contribution in [0, 0.1) is 0 Å². The molecule has 0 aliphatic carbocycles. The minimum atomic E-state index is -1.57. The number of carbonyl (C=O) groups is 5. The number of amides is 5. The van der Waals surface area contributed by atoms with Gasteiger partial charge < -0.3 is 51.4 Å². The molecule has 0 saturated carbocycles. The van der Waals surface area contributed by atoms with Gasteiger partial charge in [0.1, 0.15) is 42.5 Å². The Labute approximate surface area is 208 Å². The highest BCUT2D eigenvalue weighted by atomic mass is 16.7. The molecule has 15 heteroatoms. The molecule has 1 rings (SSSR count). The molecule has 0 radical (unpaired) electrons. The van der Waals surface area contributed by atoms with Crippen molar-refractivity contribution < 1.29 is 48.8 Å². The van der Waals surface area contributed by atoms with Crippen LogP contribution in [-0.4, -0.2) is 113 Å². The van der Waals surface area contributed by atoms with Crippen LogP contribution in [0.2, 0.25) is 0 Å². The molecule has 1 aliphatic heterocycles. The highest BCUT2D eigenvalue weighted by Gasteiger charge is 2.46. The maximum Gasteiger partial charge on any atom is 0.245 e. The van der Waals surface area contributed by atoms with Gasteiger partial charge >= 0.3 is 0 Å². The van der Waals surface area contributed by atoms with Crippen LogP contribution < -0.4 is 26.6 Å². The molecule has 8 N–H and O–H groups in total. The second-order valence-electron chi connectivity index (χ2n) is 8.53. The van der Waals surface area contributed by atoms with E-state index in [1.54, 1.807) is 0 Å². The normalized spacial score (nSPS) is 27.0. The van der Waals surface area contributed by atoms with Crippen molar-refractivity contribution in [2.24, 2.45) is 0 Å². The molecule has 1 heterocycles. The summed E-state index contributed by atoms with van der Waals surface area (Å²) in [6.07, 6.45) is -6.92. The second kappa shape index (κ2) is 14.0. The third-order valence-corrected chi connectivity index (χ3v) is 5.46. The van der Waals surface area contributed by atoms with Gasteiger partial charge in [-0.3, -0.25) is 24.0 Å². The summed E-state index contributed by atoms with van der Waals surface area (Å²) in [5.74, 6) is -3.06. The van der Waals surface area contributed by atoms with Gasteiger partial charge in [-0.25, -0.2) is 0 Å². The number of rotatable bonds is 11. The van der Waals surface area contributed by atoms with E-state index in [0.29, 0.717) is 0 Å². The lowest BCUT2D eigenvalue weighted by Gasteiger charge is -2.43. The summed E-state index contributed by atoms with van der Waals surface area (Å²) in [5, 5.41) is 42.0. The van der Waals surface area contributed by atoms with Crippen molar-refractivity contribution >= 4 is 29.5 Å². The quantitative estimate of drug-likeness (QED) is 0.131. The number of aliphatic hydroxyl groups is 3. The molecule has 0 aromatic rings. The number of ether oxygens (including phenoxy) is 2. The molecule has 206 valence electrons. The van der Waals surface area contributed by atoms with Gasteiger partial charge in [0.05, 0.1) is 12.7 Å². The van der Waals surface area contributed by atoms with Crippen molar-refractivity contribution in [1.82, 2.24) is 26.6 Å². The van der Waals surface area contributed by atoms with Crippen molar-refractivity contribution in [1.29, 1.82) is 0 Å². The number of carbonyl (C=O) groups excluding carboxylic acids is 5. The molecule has 0 aromatic carbocycles. The van der Waals surface area contributed by atoms with Crippen LogP contribution >= 0.6 is 0 Å². The summed E-state index contributed by atoms with van der Waals surface area (Å²) in [7, 11) is 1.41. The maximum absolute atomic E-state index is 12.9. The van der Waals surface area contributed by atoms with E-state index in [9.17, 15) is 39.3 Å². The second-order valence-corrected chi connectivity index (χ2v) is 8.53. The maximum atomic E-state index is 12.9. The van der Waals surface area contributed by atoms with Gasteiger partial charge in [0.25, 0.3) is 0 Å². The van der Waals surface area contributed by atoms with E-state index in [0.717, 1.165) is 6.92 Å². The Morgan fingerprint density at radius 3 is 1.92 bits per heavy atom. The van der Waals surface area contributed by atoms with Crippen LogP contribution in [-0.2, 0) is 33.4 Å². The molecule has 1 saturated heterocycles. The van der Waals surface area contributed by atoms with E-state index >= 15 is 0 Å². The van der Waals surface area contributed by atoms with E-state index in [1.807, 2.05) is 0 Å². The zero-order valence-electron chi connectivity index (χ0n) is 21.1. The van der Waals surface area contributed by atoms with Crippen molar-refractivity contribution in [3.05, 3.63) is 0 Å². The lowest BCUT2D eigenvalue weighted by Crippen LogP contribution is -2.66. The Hall–Kier alpha value is -2.85. The minimum absolute atomic E-state index is 0.435. The molecule has 0 aromatic heterocycles. The van der Waals surface area contributed by atoms with Crippen molar-refractivity contribution in [3.63, 3.8) is 0 Å². The van der Waals surface area contributed by atoms with Crippen LogP contribution in [0.15, 0.2) is 0 Å². The SMILES string of the molecule is CNC(=O)[C@H](C)NC(=O)[C@H](C)NC(=O)[C@@H](NC(C)=O)[C@@H](C)O[C@H]1O[C@H](CO)[C@H](O)[C@H](O)[C@H]1NC(C)=O. The van der Waals surface area contributed by atoms with E-state index in [2.05, 4.69) is 26.6 Å². The van der Waals surface area contributed by atoms with Gasteiger partial charge in [-0.05, 0) is 20.8 Å². The van der Waals surface area contributed by atoms with Crippen LogP contribution in [0.4, 0.5) is 0 Å². The van der Waals surface area contributed by atoms with Crippen LogP contribution in [0.25, 0.3) is 0 Å². The summed E-state index contributed by atoms with van der Waals surface area (Å²) in [5.41, 5.74) is 0. The minimum Gasteiger partial charge on any atom is -0.394 e. The summed E-state index contributed by atoms with van der Waals surface area (Å²) in [4.78, 5) is 60.3. The average Bonchev–Trinajstić information content (AvgIpc) is 2.80. The van der Waals surface area contributed by atoms with E-state index in [1.165, 1.54) is 34.7 Å². The molecular weight excluding hydrogens is 482 g/mol. The Morgan fingerprint density at radius 2 is 1.42 bits per heavy atom. The molecule has 9 atom stereocenters. The molecule has 15 nitrogen and oxygen atoms in total. The summed E-state index contributed by atoms with van der Waals surface area (Å²) in [6, 6.07) is -4.57. The van der Waals surface area contributed by atoms with Crippen LogP contribution in [0.3, 0.4) is 0 Å². The van der Waals surface area contributed by atoms with E-state index in [4.69, 9.17) is 9.47 Å². The number of likely N-dealkylation sites (N-methyl/N-ethyl adjacent to an activating group) is 1. The van der Waals surface area contributed by atoms with E-state index in [-0.39, 0.29) is 0 Å². The molecule has 5 amide bonds. The molecule has 0 bridgehead atoms. The summed E-state index contributed by atoms with van der Waals surface area (Å²) in [6.45, 7) is 5.90. The number of aliphatic hydroxyl groups excluding tert-OH is 3. The third kappa shape index (κ3) is 8.67. The highest BCUT2D eigenvalue weighted by molar-refractivity contribution is 5.93. The fourth-order valence-electron chi connectivity index (χ4n) is 3.48. The lowest BCUT2D eigenvalue weighted by molar-refractivity contribution is -0.281. The van der Waals surface area contributed by atoms with Gasteiger partial charge in [-0.2, -0.15) is 0 Å². The highest BCUT2D eigenvalue weighted by Crippen LogP contribution is 2.24. The van der Waals surface area contributed by atoms with Crippen molar-refractivity contribution in [2.75, 3.05) is 13.7 Å². The molecular formula is C21H37N5O10. The van der Waals surface area contributed by atoms with Crippen LogP contribution in [0.5, 0.6) is 0 Å². The fraction of sp³-hybridized carbons (Fsp3) is 0.762. The zero-order chi connectivity index (χ0) is 27.7. The molecule has 1 fully saturated rings. The van der Waals surface area contributed by atoms with Crippen LogP contribution in [0.1, 0.15) is 34.6 Å².